The second-order valence-electron chi connectivity index (χ2n) is 6.26. The van der Waals surface area contributed by atoms with Crippen LogP contribution < -0.4 is 14.9 Å². The van der Waals surface area contributed by atoms with Crippen LogP contribution in [-0.2, 0) is 0 Å². The van der Waals surface area contributed by atoms with Crippen LogP contribution in [-0.4, -0.2) is 25.3 Å². The molecule has 2 rings (SSSR count). The van der Waals surface area contributed by atoms with E-state index in [4.69, 9.17) is 9.47 Å². The summed E-state index contributed by atoms with van der Waals surface area (Å²) < 4.78 is 11.0. The standard InChI is InChI=1S/C21H26N2O3/c1-4-25-19-9-5-17(6-10-19)15-22-23-21(24)18-7-11-20(12-8-18)26-14-13-16(2)3/h5-12,15-16H,4,13-14H2,1-3H3,(H,23,24). The fourth-order valence-corrected chi connectivity index (χ4v) is 2.16. The summed E-state index contributed by atoms with van der Waals surface area (Å²) in [6, 6.07) is 14.5. The second-order valence-corrected chi connectivity index (χ2v) is 6.26. The van der Waals surface area contributed by atoms with Gasteiger partial charge in [0.15, 0.2) is 0 Å². The average Bonchev–Trinajstić information content (AvgIpc) is 2.63. The highest BCUT2D eigenvalue weighted by molar-refractivity contribution is 5.95. The predicted molar refractivity (Wildman–Crippen MR) is 104 cm³/mol. The summed E-state index contributed by atoms with van der Waals surface area (Å²) in [6.45, 7) is 7.56. The van der Waals surface area contributed by atoms with Gasteiger partial charge in [-0.05, 0) is 73.4 Å². The average molecular weight is 354 g/mol. The van der Waals surface area contributed by atoms with Gasteiger partial charge in [0.25, 0.3) is 5.91 Å². The molecule has 2 aromatic carbocycles. The molecule has 1 amide bonds. The lowest BCUT2D eigenvalue weighted by atomic mass is 10.1. The number of carbonyl (C=O) groups excluding carboxylic acids is 1. The lowest BCUT2D eigenvalue weighted by Crippen LogP contribution is -2.17. The summed E-state index contributed by atoms with van der Waals surface area (Å²) in [5.74, 6) is 1.92. The molecule has 0 radical (unpaired) electrons. The van der Waals surface area contributed by atoms with Gasteiger partial charge in [0.2, 0.25) is 0 Å². The van der Waals surface area contributed by atoms with Crippen molar-refractivity contribution >= 4 is 12.1 Å². The molecule has 0 heterocycles. The van der Waals surface area contributed by atoms with Crippen molar-refractivity contribution < 1.29 is 14.3 Å². The fourth-order valence-electron chi connectivity index (χ4n) is 2.16. The van der Waals surface area contributed by atoms with E-state index in [9.17, 15) is 4.79 Å². The number of benzene rings is 2. The van der Waals surface area contributed by atoms with Gasteiger partial charge in [-0.1, -0.05) is 13.8 Å². The fraction of sp³-hybridized carbons (Fsp3) is 0.333. The van der Waals surface area contributed by atoms with Crippen molar-refractivity contribution in [2.45, 2.75) is 27.2 Å². The molecule has 2 aromatic rings. The zero-order chi connectivity index (χ0) is 18.8. The number of nitrogens with zero attached hydrogens (tertiary/aromatic N) is 1. The Morgan fingerprint density at radius 1 is 1.04 bits per heavy atom. The molecular formula is C21H26N2O3. The quantitative estimate of drug-likeness (QED) is 0.540. The van der Waals surface area contributed by atoms with Gasteiger partial charge in [-0.3, -0.25) is 4.79 Å². The van der Waals surface area contributed by atoms with Crippen LogP contribution in [0.3, 0.4) is 0 Å². The van der Waals surface area contributed by atoms with Crippen LogP contribution in [0.5, 0.6) is 11.5 Å². The molecule has 0 aliphatic rings. The van der Waals surface area contributed by atoms with Gasteiger partial charge >= 0.3 is 0 Å². The minimum Gasteiger partial charge on any atom is -0.494 e. The Labute approximate surface area is 155 Å². The van der Waals surface area contributed by atoms with E-state index in [1.165, 1.54) is 0 Å². The van der Waals surface area contributed by atoms with E-state index in [-0.39, 0.29) is 5.91 Å². The van der Waals surface area contributed by atoms with Gasteiger partial charge < -0.3 is 9.47 Å². The number of nitrogens with one attached hydrogen (secondary N) is 1. The summed E-state index contributed by atoms with van der Waals surface area (Å²) in [5, 5.41) is 3.99. The SMILES string of the molecule is CCOc1ccc(C=NNC(=O)c2ccc(OCCC(C)C)cc2)cc1. The number of hydrogen-bond acceptors (Lipinski definition) is 4. The third-order valence-electron chi connectivity index (χ3n) is 3.65. The lowest BCUT2D eigenvalue weighted by molar-refractivity contribution is 0.0955. The molecule has 0 bridgehead atoms. The molecular weight excluding hydrogens is 328 g/mol. The first-order chi connectivity index (χ1) is 12.6. The smallest absolute Gasteiger partial charge is 0.271 e. The number of rotatable bonds is 9. The molecule has 138 valence electrons. The van der Waals surface area contributed by atoms with E-state index in [1.54, 1.807) is 30.5 Å². The second kappa shape index (κ2) is 10.2. The maximum Gasteiger partial charge on any atom is 0.271 e. The molecule has 5 heteroatoms. The summed E-state index contributed by atoms with van der Waals surface area (Å²) in [5.41, 5.74) is 3.93. The van der Waals surface area contributed by atoms with Crippen LogP contribution in [0.2, 0.25) is 0 Å². The molecule has 0 aliphatic carbocycles. The molecule has 0 saturated carbocycles. The highest BCUT2D eigenvalue weighted by atomic mass is 16.5. The molecule has 0 saturated heterocycles. The van der Waals surface area contributed by atoms with Crippen molar-refractivity contribution in [2.75, 3.05) is 13.2 Å². The number of ether oxygens (including phenoxy) is 2. The molecule has 1 N–H and O–H groups in total. The van der Waals surface area contributed by atoms with Crippen LogP contribution in [0.4, 0.5) is 0 Å². The van der Waals surface area contributed by atoms with Gasteiger partial charge in [-0.2, -0.15) is 5.10 Å². The van der Waals surface area contributed by atoms with Crippen molar-refractivity contribution in [3.8, 4) is 11.5 Å². The Hall–Kier alpha value is -2.82. The topological polar surface area (TPSA) is 59.9 Å². The molecule has 0 aliphatic heterocycles. The maximum atomic E-state index is 12.1. The van der Waals surface area contributed by atoms with Crippen LogP contribution in [0, 0.1) is 5.92 Å². The van der Waals surface area contributed by atoms with Crippen molar-refractivity contribution in [1.82, 2.24) is 5.43 Å². The van der Waals surface area contributed by atoms with Gasteiger partial charge in [0, 0.05) is 5.56 Å². The zero-order valence-electron chi connectivity index (χ0n) is 15.6. The lowest BCUT2D eigenvalue weighted by Gasteiger charge is -2.08. The van der Waals surface area contributed by atoms with Crippen molar-refractivity contribution in [2.24, 2.45) is 11.0 Å². The first kappa shape index (κ1) is 19.5. The minimum absolute atomic E-state index is 0.263. The van der Waals surface area contributed by atoms with Crippen molar-refractivity contribution in [3.63, 3.8) is 0 Å². The third-order valence-corrected chi connectivity index (χ3v) is 3.65. The number of carbonyl (C=O) groups is 1. The zero-order valence-corrected chi connectivity index (χ0v) is 15.6. The maximum absolute atomic E-state index is 12.1. The van der Waals surface area contributed by atoms with Crippen molar-refractivity contribution in [1.29, 1.82) is 0 Å². The van der Waals surface area contributed by atoms with Gasteiger partial charge in [0.1, 0.15) is 11.5 Å². The van der Waals surface area contributed by atoms with Crippen LogP contribution >= 0.6 is 0 Å². The first-order valence-electron chi connectivity index (χ1n) is 8.87. The van der Waals surface area contributed by atoms with E-state index in [0.29, 0.717) is 24.7 Å². The van der Waals surface area contributed by atoms with Gasteiger partial charge in [0.05, 0.1) is 19.4 Å². The van der Waals surface area contributed by atoms with E-state index < -0.39 is 0 Å². The number of amides is 1. The van der Waals surface area contributed by atoms with E-state index in [1.807, 2.05) is 31.2 Å². The normalized spacial score (nSPS) is 10.9. The van der Waals surface area contributed by atoms with Gasteiger partial charge in [-0.15, -0.1) is 0 Å². The van der Waals surface area contributed by atoms with Gasteiger partial charge in [-0.25, -0.2) is 5.43 Å². The molecule has 0 spiro atoms. The largest absolute Gasteiger partial charge is 0.494 e. The Balaban J connectivity index is 1.83. The Morgan fingerprint density at radius 2 is 1.65 bits per heavy atom. The molecule has 0 aromatic heterocycles. The molecule has 5 nitrogen and oxygen atoms in total. The van der Waals surface area contributed by atoms with Crippen LogP contribution in [0.15, 0.2) is 53.6 Å². The molecule has 0 fully saturated rings. The summed E-state index contributed by atoms with van der Waals surface area (Å²) >= 11 is 0. The van der Waals surface area contributed by atoms with E-state index >= 15 is 0 Å². The highest BCUT2D eigenvalue weighted by Gasteiger charge is 2.04. The number of hydrazone groups is 1. The first-order valence-corrected chi connectivity index (χ1v) is 8.87. The van der Waals surface area contributed by atoms with Crippen LogP contribution in [0.1, 0.15) is 43.1 Å². The Morgan fingerprint density at radius 3 is 2.27 bits per heavy atom. The third kappa shape index (κ3) is 6.59. The molecule has 0 atom stereocenters. The Kier molecular flexibility index (Phi) is 7.68. The monoisotopic (exact) mass is 354 g/mol. The Bertz CT molecular complexity index is 707. The summed E-state index contributed by atoms with van der Waals surface area (Å²) in [6.07, 6.45) is 2.60. The molecule has 26 heavy (non-hydrogen) atoms. The van der Waals surface area contributed by atoms with Crippen LogP contribution in [0.25, 0.3) is 0 Å². The minimum atomic E-state index is -0.263. The number of hydrogen-bond donors (Lipinski definition) is 1. The van der Waals surface area contributed by atoms with E-state index in [0.717, 1.165) is 23.5 Å². The van der Waals surface area contributed by atoms with Crippen molar-refractivity contribution in [3.05, 3.63) is 59.7 Å². The van der Waals surface area contributed by atoms with E-state index in [2.05, 4.69) is 24.4 Å². The summed E-state index contributed by atoms with van der Waals surface area (Å²) in [7, 11) is 0. The highest BCUT2D eigenvalue weighted by Crippen LogP contribution is 2.13. The molecule has 0 unspecified atom stereocenters. The predicted octanol–water partition coefficient (Wildman–Crippen LogP) is 4.27. The summed E-state index contributed by atoms with van der Waals surface area (Å²) in [4.78, 5) is 12.1.